The lowest BCUT2D eigenvalue weighted by Gasteiger charge is -2.05. The molecule has 31 heavy (non-hydrogen) atoms. The molecule has 0 spiro atoms. The number of rotatable bonds is 5. The number of amides is 1. The van der Waals surface area contributed by atoms with Gasteiger partial charge in [-0.3, -0.25) is 4.79 Å². The number of nitrogens with one attached hydrogen (secondary N) is 1. The molecule has 4 rings (SSSR count). The van der Waals surface area contributed by atoms with Crippen LogP contribution < -0.4 is 10.1 Å². The fourth-order valence-electron chi connectivity index (χ4n) is 3.59. The largest absolute Gasteiger partial charge is 0.497 e. The number of carbonyl (C=O) groups is 1. The molecule has 1 aliphatic rings. The van der Waals surface area contributed by atoms with Crippen LogP contribution >= 0.6 is 11.6 Å². The first-order valence-electron chi connectivity index (χ1n) is 10.3. The van der Waals surface area contributed by atoms with Crippen LogP contribution in [0.3, 0.4) is 0 Å². The average molecular weight is 435 g/mol. The SMILES string of the molecule is COc1cccc(-c2cc(CNC(=O)c3ccc(C#CC4CCCC4)c(Cl)c3)on2)c1. The van der Waals surface area contributed by atoms with Crippen molar-refractivity contribution in [3.05, 3.63) is 70.4 Å². The summed E-state index contributed by atoms with van der Waals surface area (Å²) < 4.78 is 10.6. The van der Waals surface area contributed by atoms with Crippen molar-refractivity contribution in [3.8, 4) is 28.8 Å². The van der Waals surface area contributed by atoms with Crippen LogP contribution in [0.4, 0.5) is 0 Å². The molecule has 1 heterocycles. The summed E-state index contributed by atoms with van der Waals surface area (Å²) >= 11 is 6.35. The molecule has 1 aromatic heterocycles. The molecule has 5 nitrogen and oxygen atoms in total. The first-order valence-corrected chi connectivity index (χ1v) is 10.7. The molecule has 0 unspecified atom stereocenters. The molecular formula is C25H23ClN2O3. The van der Waals surface area contributed by atoms with E-state index in [0.29, 0.717) is 28.0 Å². The van der Waals surface area contributed by atoms with Gasteiger partial charge in [0.2, 0.25) is 0 Å². The zero-order valence-electron chi connectivity index (χ0n) is 17.3. The number of nitrogens with zero attached hydrogens (tertiary/aromatic N) is 1. The molecular weight excluding hydrogens is 412 g/mol. The number of aromatic nitrogens is 1. The number of hydrogen-bond donors (Lipinski definition) is 1. The van der Waals surface area contributed by atoms with E-state index in [-0.39, 0.29) is 12.5 Å². The second-order valence-electron chi connectivity index (χ2n) is 7.54. The van der Waals surface area contributed by atoms with Crippen LogP contribution in [-0.4, -0.2) is 18.2 Å². The summed E-state index contributed by atoms with van der Waals surface area (Å²) in [5, 5.41) is 7.39. The second kappa shape index (κ2) is 9.72. The maximum atomic E-state index is 12.5. The van der Waals surface area contributed by atoms with E-state index >= 15 is 0 Å². The molecule has 0 atom stereocenters. The predicted octanol–water partition coefficient (Wildman–Crippen LogP) is 5.48. The van der Waals surface area contributed by atoms with Crippen molar-refractivity contribution in [2.75, 3.05) is 7.11 Å². The van der Waals surface area contributed by atoms with Gasteiger partial charge in [0.05, 0.1) is 18.7 Å². The van der Waals surface area contributed by atoms with Gasteiger partial charge in [-0.05, 0) is 43.2 Å². The Morgan fingerprint density at radius 3 is 2.84 bits per heavy atom. The Balaban J connectivity index is 1.37. The van der Waals surface area contributed by atoms with E-state index in [2.05, 4.69) is 22.3 Å². The van der Waals surface area contributed by atoms with E-state index in [0.717, 1.165) is 29.7 Å². The number of halogens is 1. The summed E-state index contributed by atoms with van der Waals surface area (Å²) in [6, 6.07) is 14.5. The molecule has 6 heteroatoms. The lowest BCUT2D eigenvalue weighted by atomic mass is 10.1. The topological polar surface area (TPSA) is 64.4 Å². The predicted molar refractivity (Wildman–Crippen MR) is 120 cm³/mol. The Morgan fingerprint density at radius 1 is 1.23 bits per heavy atom. The van der Waals surface area contributed by atoms with Crippen LogP contribution in [0.2, 0.25) is 5.02 Å². The minimum absolute atomic E-state index is 0.219. The van der Waals surface area contributed by atoms with Crippen molar-refractivity contribution >= 4 is 17.5 Å². The quantitative estimate of drug-likeness (QED) is 0.540. The maximum absolute atomic E-state index is 12.5. The highest BCUT2D eigenvalue weighted by Gasteiger charge is 2.13. The van der Waals surface area contributed by atoms with Gasteiger partial charge in [0.15, 0.2) is 5.76 Å². The third-order valence-electron chi connectivity index (χ3n) is 5.35. The molecule has 0 radical (unpaired) electrons. The van der Waals surface area contributed by atoms with E-state index in [4.69, 9.17) is 20.9 Å². The molecule has 0 bridgehead atoms. The van der Waals surface area contributed by atoms with Crippen molar-refractivity contribution in [2.45, 2.75) is 32.2 Å². The highest BCUT2D eigenvalue weighted by molar-refractivity contribution is 6.32. The minimum Gasteiger partial charge on any atom is -0.497 e. The van der Waals surface area contributed by atoms with Gasteiger partial charge in [-0.15, -0.1) is 0 Å². The van der Waals surface area contributed by atoms with E-state index < -0.39 is 0 Å². The third kappa shape index (κ3) is 5.28. The monoisotopic (exact) mass is 434 g/mol. The smallest absolute Gasteiger partial charge is 0.251 e. The van der Waals surface area contributed by atoms with Gasteiger partial charge in [-0.25, -0.2) is 0 Å². The van der Waals surface area contributed by atoms with E-state index in [1.165, 1.54) is 12.8 Å². The number of ether oxygens (including phenoxy) is 1. The lowest BCUT2D eigenvalue weighted by Crippen LogP contribution is -2.22. The molecule has 1 saturated carbocycles. The molecule has 0 saturated heterocycles. The van der Waals surface area contributed by atoms with Crippen LogP contribution in [0.1, 0.15) is 47.4 Å². The Morgan fingerprint density at radius 2 is 2.06 bits per heavy atom. The first-order chi connectivity index (χ1) is 15.1. The Bertz CT molecular complexity index is 1140. The van der Waals surface area contributed by atoms with Crippen LogP contribution in [-0.2, 0) is 6.54 Å². The van der Waals surface area contributed by atoms with Gasteiger partial charge < -0.3 is 14.6 Å². The fourth-order valence-corrected chi connectivity index (χ4v) is 3.82. The molecule has 1 N–H and O–H groups in total. The van der Waals surface area contributed by atoms with Crippen molar-refractivity contribution in [2.24, 2.45) is 5.92 Å². The Kier molecular flexibility index (Phi) is 6.59. The summed E-state index contributed by atoms with van der Waals surface area (Å²) in [7, 11) is 1.61. The fraction of sp³-hybridized carbons (Fsp3) is 0.280. The summed E-state index contributed by atoms with van der Waals surface area (Å²) in [6.07, 6.45) is 4.81. The molecule has 1 aliphatic carbocycles. The lowest BCUT2D eigenvalue weighted by molar-refractivity contribution is 0.0947. The third-order valence-corrected chi connectivity index (χ3v) is 5.66. The molecule has 3 aromatic rings. The van der Waals surface area contributed by atoms with Crippen molar-refractivity contribution in [3.63, 3.8) is 0 Å². The van der Waals surface area contributed by atoms with Crippen LogP contribution in [0.5, 0.6) is 5.75 Å². The average Bonchev–Trinajstić information content (AvgIpc) is 3.49. The zero-order valence-corrected chi connectivity index (χ0v) is 18.0. The Hall–Kier alpha value is -3.23. The normalized spacial score (nSPS) is 13.5. The highest BCUT2D eigenvalue weighted by atomic mass is 35.5. The van der Waals surface area contributed by atoms with Crippen molar-refractivity contribution < 1.29 is 14.1 Å². The van der Waals surface area contributed by atoms with Gasteiger partial charge in [0.1, 0.15) is 11.4 Å². The summed E-state index contributed by atoms with van der Waals surface area (Å²) in [6.45, 7) is 0.219. The van der Waals surface area contributed by atoms with Gasteiger partial charge in [-0.2, -0.15) is 0 Å². The summed E-state index contributed by atoms with van der Waals surface area (Å²) in [4.78, 5) is 12.5. The molecule has 0 aliphatic heterocycles. The number of hydrogen-bond acceptors (Lipinski definition) is 4. The number of carbonyl (C=O) groups excluding carboxylic acids is 1. The van der Waals surface area contributed by atoms with Crippen LogP contribution in [0.25, 0.3) is 11.3 Å². The summed E-state index contributed by atoms with van der Waals surface area (Å²) in [5.41, 5.74) is 2.78. The van der Waals surface area contributed by atoms with Gasteiger partial charge in [0.25, 0.3) is 5.91 Å². The van der Waals surface area contributed by atoms with E-state index in [1.807, 2.05) is 24.3 Å². The van der Waals surface area contributed by atoms with E-state index in [9.17, 15) is 4.79 Å². The van der Waals surface area contributed by atoms with Crippen LogP contribution in [0.15, 0.2) is 53.1 Å². The number of methoxy groups -OCH3 is 1. The van der Waals surface area contributed by atoms with Crippen LogP contribution in [0, 0.1) is 17.8 Å². The van der Waals surface area contributed by atoms with Gasteiger partial charge in [-0.1, -0.05) is 53.6 Å². The molecule has 158 valence electrons. The second-order valence-corrected chi connectivity index (χ2v) is 7.95. The maximum Gasteiger partial charge on any atom is 0.251 e. The standard InChI is InChI=1S/C25H23ClN2O3/c1-30-21-8-4-7-19(13-21)24-15-22(31-28-24)16-27-25(29)20-12-11-18(23(26)14-20)10-9-17-5-2-3-6-17/h4,7-8,11-15,17H,2-3,5-6,16H2,1H3,(H,27,29). The van der Waals surface area contributed by atoms with Crippen molar-refractivity contribution in [1.29, 1.82) is 0 Å². The first kappa shape index (κ1) is 21.0. The zero-order chi connectivity index (χ0) is 21.6. The minimum atomic E-state index is -0.239. The molecule has 2 aromatic carbocycles. The molecule has 1 fully saturated rings. The molecule has 1 amide bonds. The highest BCUT2D eigenvalue weighted by Crippen LogP contribution is 2.25. The number of benzene rings is 2. The Labute approximate surface area is 186 Å². The van der Waals surface area contributed by atoms with Crippen molar-refractivity contribution in [1.82, 2.24) is 10.5 Å². The van der Waals surface area contributed by atoms with Gasteiger partial charge >= 0.3 is 0 Å². The summed E-state index contributed by atoms with van der Waals surface area (Å²) in [5.74, 6) is 7.97. The van der Waals surface area contributed by atoms with E-state index in [1.54, 1.807) is 31.4 Å². The van der Waals surface area contributed by atoms with Gasteiger partial charge in [0, 0.05) is 28.7 Å².